The van der Waals surface area contributed by atoms with Crippen LogP contribution in [-0.2, 0) is 11.2 Å². The molecule has 0 radical (unpaired) electrons. The molecule has 2 aromatic carbocycles. The summed E-state index contributed by atoms with van der Waals surface area (Å²) in [4.78, 5) is 23.4. The number of hydrogen-bond donors (Lipinski definition) is 1. The van der Waals surface area contributed by atoms with Crippen molar-refractivity contribution in [2.75, 3.05) is 12.3 Å². The number of ether oxygens (including phenoxy) is 2. The standard InChI is InChI=1S/C24H19F4N5O3/c1-10-8-32(21-12-4-15(26)19(36-24(27)28)2-11(12)3-20(21)35-10)23(34)13-5-17-16(6-14(13)25)31-22(29)18-7-30-9-33(17)18/h2,4-7,9-10,20-21,24H,3,8H2,1H3,(H2,29,31)/t10-,20+,21-/m0/s1. The summed E-state index contributed by atoms with van der Waals surface area (Å²) in [6, 6.07) is 4.07. The van der Waals surface area contributed by atoms with Crippen LogP contribution in [0, 0.1) is 11.6 Å². The van der Waals surface area contributed by atoms with Crippen LogP contribution < -0.4 is 10.5 Å². The van der Waals surface area contributed by atoms with Gasteiger partial charge >= 0.3 is 6.61 Å². The number of amides is 1. The summed E-state index contributed by atoms with van der Waals surface area (Å²) in [5.41, 5.74) is 7.86. The monoisotopic (exact) mass is 501 g/mol. The van der Waals surface area contributed by atoms with E-state index in [1.165, 1.54) is 29.6 Å². The van der Waals surface area contributed by atoms with Crippen LogP contribution in [0.4, 0.5) is 23.4 Å². The number of nitrogen functional groups attached to an aromatic ring is 1. The van der Waals surface area contributed by atoms with Gasteiger partial charge in [0.1, 0.15) is 17.2 Å². The second kappa shape index (κ2) is 8.05. The normalized spacial score (nSPS) is 21.3. The zero-order chi connectivity index (χ0) is 25.3. The van der Waals surface area contributed by atoms with E-state index in [1.807, 2.05) is 0 Å². The number of benzene rings is 2. The summed E-state index contributed by atoms with van der Waals surface area (Å²) < 4.78 is 67.1. The van der Waals surface area contributed by atoms with E-state index in [-0.39, 0.29) is 29.9 Å². The fourth-order valence-corrected chi connectivity index (χ4v) is 5.23. The number of nitrogens with zero attached hydrogens (tertiary/aromatic N) is 4. The maximum absolute atomic E-state index is 15.2. The summed E-state index contributed by atoms with van der Waals surface area (Å²) >= 11 is 0. The summed E-state index contributed by atoms with van der Waals surface area (Å²) in [5.74, 6) is -2.80. The molecule has 0 unspecified atom stereocenters. The molecular weight excluding hydrogens is 482 g/mol. The largest absolute Gasteiger partial charge is 0.432 e. The van der Waals surface area contributed by atoms with Gasteiger partial charge in [-0.15, -0.1) is 0 Å². The number of carbonyl (C=O) groups is 1. The average Bonchev–Trinajstić information content (AvgIpc) is 3.43. The lowest BCUT2D eigenvalue weighted by Crippen LogP contribution is -2.50. The average molecular weight is 501 g/mol. The highest BCUT2D eigenvalue weighted by molar-refractivity contribution is 5.99. The van der Waals surface area contributed by atoms with Crippen molar-refractivity contribution in [1.29, 1.82) is 0 Å². The Labute approximate surface area is 201 Å². The van der Waals surface area contributed by atoms with Gasteiger partial charge in [0, 0.05) is 19.0 Å². The molecule has 0 bridgehead atoms. The predicted octanol–water partition coefficient (Wildman–Crippen LogP) is 3.87. The first kappa shape index (κ1) is 22.5. The maximum atomic E-state index is 15.2. The Bertz CT molecular complexity index is 1540. The van der Waals surface area contributed by atoms with Crippen molar-refractivity contribution in [3.8, 4) is 5.75 Å². The van der Waals surface area contributed by atoms with Crippen molar-refractivity contribution in [2.24, 2.45) is 0 Å². The first-order valence-corrected chi connectivity index (χ1v) is 11.2. The fraction of sp³-hybridized carbons (Fsp3) is 0.292. The molecule has 2 N–H and O–H groups in total. The quantitative estimate of drug-likeness (QED) is 0.429. The number of rotatable bonds is 3. The number of anilines is 1. The molecule has 186 valence electrons. The SMILES string of the molecule is C[C@H]1CN(C(=O)c2cc3c(cc2F)nc(N)c2cncn23)[C@H]2c3cc(F)c(OC(F)F)cc3C[C@H]2O1. The first-order chi connectivity index (χ1) is 17.2. The van der Waals surface area contributed by atoms with Gasteiger partial charge in [-0.25, -0.2) is 18.7 Å². The van der Waals surface area contributed by atoms with Crippen LogP contribution in [0.1, 0.15) is 34.5 Å². The van der Waals surface area contributed by atoms with E-state index in [1.54, 1.807) is 11.3 Å². The number of fused-ring (bicyclic) bond motifs is 6. The van der Waals surface area contributed by atoms with Gasteiger partial charge in [0.25, 0.3) is 5.91 Å². The second-order valence-electron chi connectivity index (χ2n) is 8.92. The fourth-order valence-electron chi connectivity index (χ4n) is 5.23. The van der Waals surface area contributed by atoms with Crippen molar-refractivity contribution >= 4 is 28.3 Å². The van der Waals surface area contributed by atoms with Crippen LogP contribution in [-0.4, -0.2) is 50.5 Å². The van der Waals surface area contributed by atoms with Gasteiger partial charge in [-0.1, -0.05) is 0 Å². The number of hydrogen-bond acceptors (Lipinski definition) is 6. The number of nitrogens with two attached hydrogens (primary N) is 1. The van der Waals surface area contributed by atoms with Crippen molar-refractivity contribution < 1.29 is 31.8 Å². The van der Waals surface area contributed by atoms with Crippen molar-refractivity contribution in [2.45, 2.75) is 38.2 Å². The number of carbonyl (C=O) groups excluding carboxylic acids is 1. The van der Waals surface area contributed by atoms with E-state index >= 15 is 4.39 Å². The number of halogens is 4. The lowest BCUT2D eigenvalue weighted by Gasteiger charge is -2.41. The van der Waals surface area contributed by atoms with E-state index < -0.39 is 48.2 Å². The van der Waals surface area contributed by atoms with E-state index in [9.17, 15) is 18.0 Å². The highest BCUT2D eigenvalue weighted by atomic mass is 19.3. The Morgan fingerprint density at radius 2 is 2.00 bits per heavy atom. The molecule has 1 aliphatic carbocycles. The molecule has 1 fully saturated rings. The molecule has 1 amide bonds. The number of aromatic nitrogens is 3. The van der Waals surface area contributed by atoms with Crippen LogP contribution in [0.25, 0.3) is 16.6 Å². The molecule has 3 atom stereocenters. The van der Waals surface area contributed by atoms with E-state index in [4.69, 9.17) is 10.5 Å². The molecule has 4 aromatic rings. The zero-order valence-electron chi connectivity index (χ0n) is 18.8. The minimum atomic E-state index is -3.18. The van der Waals surface area contributed by atoms with Gasteiger partial charge in [0.05, 0.1) is 47.4 Å². The zero-order valence-corrected chi connectivity index (χ0v) is 18.8. The molecular formula is C24H19F4N5O3. The molecule has 12 heteroatoms. The number of imidazole rings is 1. The Balaban J connectivity index is 1.44. The Morgan fingerprint density at radius 1 is 1.19 bits per heavy atom. The third-order valence-corrected chi connectivity index (χ3v) is 6.66. The lowest BCUT2D eigenvalue weighted by atomic mass is 10.0. The highest BCUT2D eigenvalue weighted by Crippen LogP contribution is 2.44. The summed E-state index contributed by atoms with van der Waals surface area (Å²) in [7, 11) is 0. The third kappa shape index (κ3) is 3.43. The minimum absolute atomic E-state index is 0.119. The number of alkyl halides is 2. The van der Waals surface area contributed by atoms with Crippen molar-refractivity contribution in [1.82, 2.24) is 19.3 Å². The van der Waals surface area contributed by atoms with Crippen molar-refractivity contribution in [3.63, 3.8) is 0 Å². The van der Waals surface area contributed by atoms with Gasteiger partial charge in [-0.2, -0.15) is 8.78 Å². The van der Waals surface area contributed by atoms with Crippen LogP contribution in [0.15, 0.2) is 36.8 Å². The van der Waals surface area contributed by atoms with E-state index in [2.05, 4.69) is 14.7 Å². The minimum Gasteiger partial charge on any atom is -0.432 e. The first-order valence-electron chi connectivity index (χ1n) is 11.2. The van der Waals surface area contributed by atoms with Crippen LogP contribution in [0.2, 0.25) is 0 Å². The topological polar surface area (TPSA) is 95.0 Å². The molecule has 1 saturated heterocycles. The van der Waals surface area contributed by atoms with Gasteiger partial charge in [-0.05, 0) is 36.2 Å². The van der Waals surface area contributed by atoms with E-state index in [0.29, 0.717) is 22.2 Å². The van der Waals surface area contributed by atoms with Gasteiger partial charge in [0.2, 0.25) is 0 Å². The summed E-state index contributed by atoms with van der Waals surface area (Å²) in [5, 5.41) is 0. The Kier molecular flexibility index (Phi) is 5.04. The second-order valence-corrected chi connectivity index (χ2v) is 8.92. The third-order valence-electron chi connectivity index (χ3n) is 6.66. The molecule has 0 spiro atoms. The van der Waals surface area contributed by atoms with Gasteiger partial charge in [0.15, 0.2) is 11.6 Å². The molecule has 6 rings (SSSR count). The molecule has 1 aliphatic heterocycles. The van der Waals surface area contributed by atoms with Gasteiger partial charge < -0.3 is 20.1 Å². The smallest absolute Gasteiger partial charge is 0.387 e. The van der Waals surface area contributed by atoms with Crippen molar-refractivity contribution in [3.05, 3.63) is 65.1 Å². The van der Waals surface area contributed by atoms with Crippen LogP contribution >= 0.6 is 0 Å². The summed E-state index contributed by atoms with van der Waals surface area (Å²) in [6.07, 6.45) is 2.31. The maximum Gasteiger partial charge on any atom is 0.387 e. The molecule has 3 heterocycles. The number of morpholine rings is 1. The Hall–Kier alpha value is -3.93. The highest BCUT2D eigenvalue weighted by Gasteiger charge is 2.45. The summed E-state index contributed by atoms with van der Waals surface area (Å²) in [6.45, 7) is -1.30. The molecule has 2 aliphatic rings. The van der Waals surface area contributed by atoms with Crippen LogP contribution in [0.5, 0.6) is 5.75 Å². The molecule has 0 saturated carbocycles. The molecule has 2 aromatic heterocycles. The molecule has 36 heavy (non-hydrogen) atoms. The lowest BCUT2D eigenvalue weighted by molar-refractivity contribution is -0.0938. The van der Waals surface area contributed by atoms with Gasteiger partial charge in [-0.3, -0.25) is 9.20 Å². The molecule has 8 nitrogen and oxygen atoms in total. The predicted molar refractivity (Wildman–Crippen MR) is 120 cm³/mol. The van der Waals surface area contributed by atoms with E-state index in [0.717, 1.165) is 12.1 Å². The Morgan fingerprint density at radius 3 is 2.78 bits per heavy atom. The van der Waals surface area contributed by atoms with Crippen LogP contribution in [0.3, 0.4) is 0 Å².